The smallest absolute Gasteiger partial charge is 0.220 e. The third-order valence-electron chi connectivity index (χ3n) is 3.74. The van der Waals surface area contributed by atoms with E-state index in [4.69, 9.17) is 5.73 Å². The van der Waals surface area contributed by atoms with Gasteiger partial charge in [-0.3, -0.25) is 4.79 Å². The molecule has 0 aromatic carbocycles. The fourth-order valence-electron chi connectivity index (χ4n) is 2.46. The van der Waals surface area contributed by atoms with Crippen LogP contribution in [0.2, 0.25) is 0 Å². The lowest BCUT2D eigenvalue weighted by atomic mass is 9.76. The molecule has 20 heavy (non-hydrogen) atoms. The van der Waals surface area contributed by atoms with Crippen molar-refractivity contribution in [3.63, 3.8) is 0 Å². The highest BCUT2D eigenvalue weighted by Gasteiger charge is 2.24. The molecular weight excluding hydrogens is 252 g/mol. The van der Waals surface area contributed by atoms with E-state index in [1.165, 1.54) is 0 Å². The molecule has 2 unspecified atom stereocenters. The monoisotopic (exact) mass is 286 g/mol. The molecule has 0 spiro atoms. The van der Waals surface area contributed by atoms with E-state index in [-0.39, 0.29) is 11.3 Å². The maximum Gasteiger partial charge on any atom is 0.220 e. The number of rotatable bonds is 9. The van der Waals surface area contributed by atoms with Gasteiger partial charge in [0, 0.05) is 13.0 Å². The molecule has 0 saturated heterocycles. The number of hydrogen-bond acceptors (Lipinski definition) is 3. The van der Waals surface area contributed by atoms with Gasteiger partial charge in [0.25, 0.3) is 0 Å². The number of nitrogens with one attached hydrogen (secondary N) is 1. The summed E-state index contributed by atoms with van der Waals surface area (Å²) < 4.78 is 0. The Morgan fingerprint density at radius 2 is 1.85 bits per heavy atom. The Morgan fingerprint density at radius 3 is 2.30 bits per heavy atom. The van der Waals surface area contributed by atoms with Crippen LogP contribution in [0.4, 0.5) is 0 Å². The molecule has 0 saturated carbocycles. The Labute approximate surface area is 124 Å². The van der Waals surface area contributed by atoms with E-state index in [0.717, 1.165) is 19.3 Å². The molecule has 120 valence electrons. The summed E-state index contributed by atoms with van der Waals surface area (Å²) in [5, 5.41) is 12.5. The van der Waals surface area contributed by atoms with Crippen LogP contribution < -0.4 is 11.1 Å². The molecule has 0 radical (unpaired) electrons. The van der Waals surface area contributed by atoms with Crippen LogP contribution in [0.1, 0.15) is 60.3 Å². The van der Waals surface area contributed by atoms with E-state index in [1.807, 2.05) is 0 Å². The van der Waals surface area contributed by atoms with E-state index in [9.17, 15) is 9.90 Å². The van der Waals surface area contributed by atoms with Crippen LogP contribution >= 0.6 is 0 Å². The van der Waals surface area contributed by atoms with Gasteiger partial charge in [0.2, 0.25) is 5.91 Å². The van der Waals surface area contributed by atoms with Crippen molar-refractivity contribution in [2.45, 2.75) is 66.4 Å². The Hall–Kier alpha value is -0.610. The number of nitrogens with two attached hydrogens (primary N) is 1. The molecule has 0 heterocycles. The van der Waals surface area contributed by atoms with Gasteiger partial charge in [0.1, 0.15) is 0 Å². The highest BCUT2D eigenvalue weighted by molar-refractivity contribution is 5.75. The summed E-state index contributed by atoms with van der Waals surface area (Å²) in [5.41, 5.74) is 5.82. The zero-order valence-corrected chi connectivity index (χ0v) is 13.9. The molecule has 0 aliphatic carbocycles. The van der Waals surface area contributed by atoms with Gasteiger partial charge in [-0.15, -0.1) is 0 Å². The van der Waals surface area contributed by atoms with Gasteiger partial charge in [-0.2, -0.15) is 0 Å². The maximum absolute atomic E-state index is 11.8. The fourth-order valence-corrected chi connectivity index (χ4v) is 2.46. The van der Waals surface area contributed by atoms with E-state index in [0.29, 0.717) is 31.3 Å². The third kappa shape index (κ3) is 9.32. The van der Waals surface area contributed by atoms with Crippen LogP contribution in [0.3, 0.4) is 0 Å². The Balaban J connectivity index is 4.02. The average Bonchev–Trinajstić information content (AvgIpc) is 2.29. The third-order valence-corrected chi connectivity index (χ3v) is 3.74. The van der Waals surface area contributed by atoms with Crippen molar-refractivity contribution in [1.82, 2.24) is 5.32 Å². The minimum absolute atomic E-state index is 0.0269. The van der Waals surface area contributed by atoms with E-state index < -0.39 is 6.10 Å². The topological polar surface area (TPSA) is 75.3 Å². The minimum atomic E-state index is -0.443. The first kappa shape index (κ1) is 19.4. The first-order valence-electron chi connectivity index (χ1n) is 7.81. The van der Waals surface area contributed by atoms with Gasteiger partial charge < -0.3 is 16.2 Å². The molecule has 0 aromatic rings. The summed E-state index contributed by atoms with van der Waals surface area (Å²) in [5.74, 6) is 0.926. The van der Waals surface area contributed by atoms with Gasteiger partial charge in [-0.05, 0) is 43.1 Å². The quantitative estimate of drug-likeness (QED) is 0.609. The zero-order chi connectivity index (χ0) is 15.8. The van der Waals surface area contributed by atoms with Crippen LogP contribution in [-0.4, -0.2) is 30.2 Å². The first-order chi connectivity index (χ1) is 9.16. The normalized spacial score (nSPS) is 15.2. The largest absolute Gasteiger partial charge is 0.391 e. The van der Waals surface area contributed by atoms with Crippen LogP contribution in [0.15, 0.2) is 0 Å². The zero-order valence-electron chi connectivity index (χ0n) is 13.9. The predicted molar refractivity (Wildman–Crippen MR) is 84.3 cm³/mol. The van der Waals surface area contributed by atoms with Crippen molar-refractivity contribution < 1.29 is 9.90 Å². The maximum atomic E-state index is 11.8. The van der Waals surface area contributed by atoms with Gasteiger partial charge in [-0.25, -0.2) is 0 Å². The molecule has 2 atom stereocenters. The molecule has 1 amide bonds. The summed E-state index contributed by atoms with van der Waals surface area (Å²) in [6, 6.07) is 0. The molecule has 0 fully saturated rings. The molecule has 4 heteroatoms. The Kier molecular flexibility index (Phi) is 9.06. The highest BCUT2D eigenvalue weighted by Crippen LogP contribution is 2.31. The molecule has 0 rings (SSSR count). The van der Waals surface area contributed by atoms with Crippen molar-refractivity contribution in [2.75, 3.05) is 13.1 Å². The van der Waals surface area contributed by atoms with Gasteiger partial charge in [0.15, 0.2) is 0 Å². The molecule has 0 aliphatic heterocycles. The van der Waals surface area contributed by atoms with Crippen LogP contribution in [0.5, 0.6) is 0 Å². The summed E-state index contributed by atoms with van der Waals surface area (Å²) in [7, 11) is 0. The highest BCUT2D eigenvalue weighted by atomic mass is 16.3. The van der Waals surface area contributed by atoms with Crippen molar-refractivity contribution in [1.29, 1.82) is 0 Å². The number of carbonyl (C=O) groups is 1. The lowest BCUT2D eigenvalue weighted by Gasteiger charge is -2.30. The predicted octanol–water partition coefficient (Wildman–Crippen LogP) is 2.30. The van der Waals surface area contributed by atoms with Crippen LogP contribution in [0.25, 0.3) is 0 Å². The number of hydrogen-bond donors (Lipinski definition) is 3. The molecule has 0 aromatic heterocycles. The summed E-state index contributed by atoms with van der Waals surface area (Å²) in [4.78, 5) is 11.8. The van der Waals surface area contributed by atoms with Gasteiger partial charge in [0.05, 0.1) is 6.10 Å². The van der Waals surface area contributed by atoms with Crippen LogP contribution in [-0.2, 0) is 4.79 Å². The second kappa shape index (κ2) is 9.35. The van der Waals surface area contributed by atoms with Crippen molar-refractivity contribution in [3.8, 4) is 0 Å². The van der Waals surface area contributed by atoms with Crippen molar-refractivity contribution in [3.05, 3.63) is 0 Å². The number of aliphatic hydroxyl groups excluding tert-OH is 1. The lowest BCUT2D eigenvalue weighted by molar-refractivity contribution is -0.122. The molecular formula is C16H34N2O2. The molecule has 0 bridgehead atoms. The Bertz CT molecular complexity index is 272. The van der Waals surface area contributed by atoms with E-state index in [1.54, 1.807) is 0 Å². The van der Waals surface area contributed by atoms with Crippen LogP contribution in [0, 0.1) is 17.3 Å². The number of amides is 1. The second-order valence-corrected chi connectivity index (χ2v) is 7.27. The summed E-state index contributed by atoms with van der Waals surface area (Å²) in [6.07, 6.45) is 2.59. The second-order valence-electron chi connectivity index (χ2n) is 7.27. The summed E-state index contributed by atoms with van der Waals surface area (Å²) in [6.45, 7) is 11.7. The first-order valence-corrected chi connectivity index (χ1v) is 7.81. The van der Waals surface area contributed by atoms with E-state index >= 15 is 0 Å². The van der Waals surface area contributed by atoms with Gasteiger partial charge in [-0.1, -0.05) is 34.6 Å². The lowest BCUT2D eigenvalue weighted by Crippen LogP contribution is -2.33. The molecule has 4 nitrogen and oxygen atoms in total. The molecule has 0 aliphatic rings. The average molecular weight is 286 g/mol. The summed E-state index contributed by atoms with van der Waals surface area (Å²) >= 11 is 0. The number of carbonyl (C=O) groups excluding carboxylic acids is 1. The Morgan fingerprint density at radius 1 is 1.25 bits per heavy atom. The van der Waals surface area contributed by atoms with Gasteiger partial charge >= 0.3 is 0 Å². The minimum Gasteiger partial charge on any atom is -0.391 e. The van der Waals surface area contributed by atoms with E-state index in [2.05, 4.69) is 39.9 Å². The number of aliphatic hydroxyl groups is 1. The molecule has 4 N–H and O–H groups in total. The fraction of sp³-hybridized carbons (Fsp3) is 0.938. The van der Waals surface area contributed by atoms with Crippen molar-refractivity contribution in [2.24, 2.45) is 23.0 Å². The SMILES string of the molecule is CC(C)CC(O)CNC(=O)CCC(CCN)C(C)(C)C. The van der Waals surface area contributed by atoms with Crippen molar-refractivity contribution >= 4 is 5.91 Å². The standard InChI is InChI=1S/C16H34N2O2/c1-12(2)10-14(19)11-18-15(20)7-6-13(8-9-17)16(3,4)5/h12-14,19H,6-11,17H2,1-5H3,(H,18,20).